The lowest BCUT2D eigenvalue weighted by Gasteiger charge is -2.09. The van der Waals surface area contributed by atoms with Gasteiger partial charge in [0.1, 0.15) is 0 Å². The summed E-state index contributed by atoms with van der Waals surface area (Å²) in [5.41, 5.74) is 0.992. The maximum Gasteiger partial charge on any atom is 0.269 e. The molecule has 3 heteroatoms. The van der Waals surface area contributed by atoms with Crippen LogP contribution in [0.5, 0.6) is 0 Å². The van der Waals surface area contributed by atoms with Crippen molar-refractivity contribution >= 4 is 0 Å². The third-order valence-corrected chi connectivity index (χ3v) is 2.90. The highest BCUT2D eigenvalue weighted by Crippen LogP contribution is 2.05. The van der Waals surface area contributed by atoms with Crippen molar-refractivity contribution in [2.45, 2.75) is 53.5 Å². The summed E-state index contributed by atoms with van der Waals surface area (Å²) in [6.07, 6.45) is 4.67. The second-order valence-electron chi connectivity index (χ2n) is 5.50. The van der Waals surface area contributed by atoms with Gasteiger partial charge in [0, 0.05) is 18.3 Å². The summed E-state index contributed by atoms with van der Waals surface area (Å²) in [5.74, 6) is 1.23. The molecule has 17 heavy (non-hydrogen) atoms. The van der Waals surface area contributed by atoms with Gasteiger partial charge in [-0.15, -0.1) is 0 Å². The first-order valence-electron chi connectivity index (χ1n) is 6.55. The predicted molar refractivity (Wildman–Crippen MR) is 71.1 cm³/mol. The summed E-state index contributed by atoms with van der Waals surface area (Å²) in [4.78, 5) is 12.1. The van der Waals surface area contributed by atoms with Crippen molar-refractivity contribution in [1.82, 2.24) is 9.78 Å². The van der Waals surface area contributed by atoms with Crippen molar-refractivity contribution < 1.29 is 0 Å². The van der Waals surface area contributed by atoms with E-state index < -0.39 is 0 Å². The van der Waals surface area contributed by atoms with Crippen LogP contribution in [0.4, 0.5) is 0 Å². The monoisotopic (exact) mass is 236 g/mol. The Morgan fingerprint density at radius 3 is 2.41 bits per heavy atom. The number of hydrogen-bond donors (Lipinski definition) is 0. The Morgan fingerprint density at radius 1 is 1.18 bits per heavy atom. The Hall–Kier alpha value is -1.12. The Balaban J connectivity index is 2.73. The van der Waals surface area contributed by atoms with E-state index >= 15 is 0 Å². The molecule has 0 N–H and O–H groups in total. The first-order valence-corrected chi connectivity index (χ1v) is 6.55. The average molecular weight is 236 g/mol. The number of rotatable bonds is 6. The van der Waals surface area contributed by atoms with Crippen molar-refractivity contribution in [2.75, 3.05) is 0 Å². The van der Waals surface area contributed by atoms with Gasteiger partial charge in [0.05, 0.1) is 0 Å². The fourth-order valence-electron chi connectivity index (χ4n) is 1.67. The Labute approximate surface area is 104 Å². The van der Waals surface area contributed by atoms with Gasteiger partial charge in [0.15, 0.2) is 0 Å². The molecular formula is C14H24N2O. The summed E-state index contributed by atoms with van der Waals surface area (Å²) in [6, 6.07) is 1.86. The topological polar surface area (TPSA) is 34.9 Å². The molecule has 0 bridgehead atoms. The van der Waals surface area contributed by atoms with Crippen LogP contribution in [0, 0.1) is 11.8 Å². The van der Waals surface area contributed by atoms with Crippen LogP contribution in [0.2, 0.25) is 0 Å². The Kier molecular flexibility index (Phi) is 5.39. The van der Waals surface area contributed by atoms with Gasteiger partial charge in [-0.3, -0.25) is 4.79 Å². The molecule has 0 amide bonds. The van der Waals surface area contributed by atoms with Gasteiger partial charge in [0.25, 0.3) is 5.56 Å². The largest absolute Gasteiger partial charge is 0.269 e. The van der Waals surface area contributed by atoms with Gasteiger partial charge >= 0.3 is 0 Å². The molecule has 0 aliphatic rings. The van der Waals surface area contributed by atoms with E-state index in [9.17, 15) is 4.79 Å². The highest BCUT2D eigenvalue weighted by Gasteiger charge is 2.06. The minimum Gasteiger partial charge on any atom is -0.268 e. The summed E-state index contributed by atoms with van der Waals surface area (Å²) in [5, 5.41) is 4.14. The third kappa shape index (κ3) is 4.72. The molecule has 0 aromatic carbocycles. The lowest BCUT2D eigenvalue weighted by Crippen LogP contribution is -2.26. The van der Waals surface area contributed by atoms with E-state index in [1.54, 1.807) is 10.9 Å². The molecule has 1 heterocycles. The van der Waals surface area contributed by atoms with Gasteiger partial charge in [-0.2, -0.15) is 5.10 Å². The van der Waals surface area contributed by atoms with Crippen LogP contribution in [0.1, 0.15) is 46.1 Å². The van der Waals surface area contributed by atoms with E-state index in [0.717, 1.165) is 31.4 Å². The van der Waals surface area contributed by atoms with Gasteiger partial charge in [0.2, 0.25) is 0 Å². The van der Waals surface area contributed by atoms with E-state index in [2.05, 4.69) is 32.8 Å². The van der Waals surface area contributed by atoms with Crippen molar-refractivity contribution in [2.24, 2.45) is 11.8 Å². The highest BCUT2D eigenvalue weighted by atomic mass is 16.1. The first-order chi connectivity index (χ1) is 8.00. The van der Waals surface area contributed by atoms with Gasteiger partial charge < -0.3 is 0 Å². The molecule has 1 aromatic heterocycles. The summed E-state index contributed by atoms with van der Waals surface area (Å²) in [6.45, 7) is 9.41. The number of aromatic nitrogens is 2. The standard InChI is InChI=1S/C14H24N2O/c1-11(2)5-6-13-7-9-15-16(14(13)17)10-8-12(3)4/h7,9,11-12H,5-6,8,10H2,1-4H3. The van der Waals surface area contributed by atoms with E-state index in [0.29, 0.717) is 11.8 Å². The fourth-order valence-corrected chi connectivity index (χ4v) is 1.67. The van der Waals surface area contributed by atoms with Crippen LogP contribution < -0.4 is 5.56 Å². The number of aryl methyl sites for hydroxylation is 2. The Bertz CT molecular complexity index is 360. The summed E-state index contributed by atoms with van der Waals surface area (Å²) >= 11 is 0. The van der Waals surface area contributed by atoms with Crippen LogP contribution in [0.3, 0.4) is 0 Å². The maximum atomic E-state index is 12.1. The number of nitrogens with zero attached hydrogens (tertiary/aromatic N) is 2. The molecule has 0 saturated heterocycles. The molecule has 0 fully saturated rings. The molecule has 0 unspecified atom stereocenters. The quantitative estimate of drug-likeness (QED) is 0.761. The SMILES string of the molecule is CC(C)CCc1ccnn(CCC(C)C)c1=O. The second-order valence-corrected chi connectivity index (χ2v) is 5.50. The average Bonchev–Trinajstić information content (AvgIpc) is 2.25. The van der Waals surface area contributed by atoms with Gasteiger partial charge in [-0.25, -0.2) is 4.68 Å². The third-order valence-electron chi connectivity index (χ3n) is 2.90. The molecule has 0 atom stereocenters. The first kappa shape index (κ1) is 13.9. The van der Waals surface area contributed by atoms with Crippen LogP contribution in [-0.4, -0.2) is 9.78 Å². The van der Waals surface area contributed by atoms with Crippen molar-refractivity contribution in [1.29, 1.82) is 0 Å². The molecule has 1 aromatic rings. The minimum absolute atomic E-state index is 0.0915. The molecule has 96 valence electrons. The Morgan fingerprint density at radius 2 is 1.82 bits per heavy atom. The summed E-state index contributed by atoms with van der Waals surface area (Å²) in [7, 11) is 0. The normalized spacial score (nSPS) is 11.4. The molecule has 3 nitrogen and oxygen atoms in total. The van der Waals surface area contributed by atoms with Crippen molar-refractivity contribution in [3.63, 3.8) is 0 Å². The van der Waals surface area contributed by atoms with Gasteiger partial charge in [-0.1, -0.05) is 27.7 Å². The molecule has 0 radical (unpaired) electrons. The van der Waals surface area contributed by atoms with E-state index in [-0.39, 0.29) is 5.56 Å². The van der Waals surface area contributed by atoms with Crippen LogP contribution in [-0.2, 0) is 13.0 Å². The molecule has 0 aliphatic heterocycles. The summed E-state index contributed by atoms with van der Waals surface area (Å²) < 4.78 is 1.61. The molecular weight excluding hydrogens is 212 g/mol. The molecule has 0 saturated carbocycles. The predicted octanol–water partition coefficient (Wildman–Crippen LogP) is 2.88. The molecule has 0 aliphatic carbocycles. The zero-order valence-corrected chi connectivity index (χ0v) is 11.4. The van der Waals surface area contributed by atoms with Crippen LogP contribution in [0.15, 0.2) is 17.1 Å². The molecule has 1 rings (SSSR count). The van der Waals surface area contributed by atoms with E-state index in [4.69, 9.17) is 0 Å². The van der Waals surface area contributed by atoms with E-state index in [1.165, 1.54) is 0 Å². The lowest BCUT2D eigenvalue weighted by molar-refractivity contribution is 0.467. The van der Waals surface area contributed by atoms with E-state index in [1.807, 2.05) is 6.07 Å². The minimum atomic E-state index is 0.0915. The smallest absolute Gasteiger partial charge is 0.268 e. The highest BCUT2D eigenvalue weighted by molar-refractivity contribution is 5.07. The molecule has 0 spiro atoms. The van der Waals surface area contributed by atoms with Crippen LogP contribution in [0.25, 0.3) is 0 Å². The number of hydrogen-bond acceptors (Lipinski definition) is 2. The fraction of sp³-hybridized carbons (Fsp3) is 0.714. The van der Waals surface area contributed by atoms with Crippen molar-refractivity contribution in [3.8, 4) is 0 Å². The second kappa shape index (κ2) is 6.58. The zero-order valence-electron chi connectivity index (χ0n) is 11.4. The lowest BCUT2D eigenvalue weighted by atomic mass is 10.0. The van der Waals surface area contributed by atoms with Crippen LogP contribution >= 0.6 is 0 Å². The van der Waals surface area contributed by atoms with Crippen molar-refractivity contribution in [3.05, 3.63) is 28.2 Å². The zero-order chi connectivity index (χ0) is 12.8. The maximum absolute atomic E-state index is 12.1. The van der Waals surface area contributed by atoms with Gasteiger partial charge in [-0.05, 0) is 37.2 Å².